The van der Waals surface area contributed by atoms with Crippen molar-refractivity contribution in [2.45, 2.75) is 18.5 Å². The van der Waals surface area contributed by atoms with Crippen molar-refractivity contribution in [3.63, 3.8) is 0 Å². The summed E-state index contributed by atoms with van der Waals surface area (Å²) in [5, 5.41) is 21.1. The third-order valence-corrected chi connectivity index (χ3v) is 1.83. The van der Waals surface area contributed by atoms with E-state index in [0.29, 0.717) is 0 Å². The Bertz CT molecular complexity index is 502. The van der Waals surface area contributed by atoms with Crippen LogP contribution in [0.15, 0.2) is 0 Å². The minimum absolute atomic E-state index is 0.150. The fraction of sp³-hybridized carbons (Fsp3) is 1.00. The minimum atomic E-state index is -4.92. The van der Waals surface area contributed by atoms with Gasteiger partial charge in [-0.1, -0.05) is 0 Å². The van der Waals surface area contributed by atoms with Crippen LogP contribution in [-0.4, -0.2) is 63.6 Å². The molecule has 0 unspecified atom stereocenters. The van der Waals surface area contributed by atoms with Crippen LogP contribution >= 0.6 is 0 Å². The molecule has 16 nitrogen and oxygen atoms in total. The Morgan fingerprint density at radius 3 is 1.09 bits per heavy atom. The largest absolute Gasteiger partial charge is 0.726 e. The van der Waals surface area contributed by atoms with Gasteiger partial charge in [-0.25, -0.2) is 16.8 Å². The Morgan fingerprint density at radius 2 is 1.00 bits per heavy atom. The Labute approximate surface area is 129 Å². The van der Waals surface area contributed by atoms with E-state index in [0.717, 1.165) is 0 Å². The highest BCUT2D eigenvalue weighted by Gasteiger charge is 2.55. The zero-order chi connectivity index (χ0) is 19.5. The second-order valence-corrected chi connectivity index (χ2v) is 5.27. The first-order valence-electron chi connectivity index (χ1n) is 5.25. The smallest absolute Gasteiger partial charge is 0.469 e. The van der Waals surface area contributed by atoms with Crippen molar-refractivity contribution in [1.82, 2.24) is 0 Å². The zero-order valence-electron chi connectivity index (χ0n) is 11.4. The third kappa shape index (κ3) is 20.5. The van der Waals surface area contributed by atoms with E-state index in [1.807, 2.05) is 0 Å². The monoisotopic (exact) mass is 388 g/mol. The molecule has 0 amide bonds. The first-order valence-corrected chi connectivity index (χ1v) is 7.98. The second-order valence-electron chi connectivity index (χ2n) is 3.56. The molecule has 0 aromatic rings. The van der Waals surface area contributed by atoms with Gasteiger partial charge in [0.1, 0.15) is 12.8 Å². The molecule has 0 aromatic heterocycles. The summed E-state index contributed by atoms with van der Waals surface area (Å²) in [7, 11) is -9.83. The standard InChI is InChI=1S/C5H12N4O4.2H2O4S/c6-3-1-5(2-4-7,8(10)11)9(12)13;2*1-5(2,3)4/h1-4,6-7H2;2*(H2,1,2,3,4). The predicted molar refractivity (Wildman–Crippen MR) is 66.1 cm³/mol. The van der Waals surface area contributed by atoms with Crippen LogP contribution in [0.2, 0.25) is 0 Å². The normalized spacial score (nSPS) is 11.4. The third-order valence-electron chi connectivity index (χ3n) is 1.83. The molecule has 0 aromatic carbocycles. The SMILES string of the molecule is O=S(=O)([O-])O.O=S(=O)([O-])O.[NH3+]CCC(CC[NH3+])([N+](=O)[O-])[N+](=O)[O-]. The molecule has 0 aliphatic heterocycles. The van der Waals surface area contributed by atoms with Crippen molar-refractivity contribution in [1.29, 1.82) is 0 Å². The molecular formula is C5H16N4O12S2. The van der Waals surface area contributed by atoms with Gasteiger partial charge in [-0.3, -0.25) is 29.3 Å². The van der Waals surface area contributed by atoms with Gasteiger partial charge in [0, 0.05) is 0 Å². The van der Waals surface area contributed by atoms with E-state index in [-0.39, 0.29) is 25.9 Å². The van der Waals surface area contributed by atoms with E-state index >= 15 is 0 Å². The lowest BCUT2D eigenvalue weighted by Crippen LogP contribution is -2.61. The van der Waals surface area contributed by atoms with Crippen molar-refractivity contribution in [3.8, 4) is 0 Å². The van der Waals surface area contributed by atoms with E-state index in [4.69, 9.17) is 35.0 Å². The number of quaternary nitrogens is 2. The lowest BCUT2D eigenvalue weighted by molar-refractivity contribution is -0.803. The van der Waals surface area contributed by atoms with Crippen molar-refractivity contribution < 1.29 is 56.4 Å². The summed E-state index contributed by atoms with van der Waals surface area (Å²) >= 11 is 0. The van der Waals surface area contributed by atoms with Gasteiger partial charge < -0.3 is 20.6 Å². The van der Waals surface area contributed by atoms with Crippen LogP contribution in [-0.2, 0) is 20.8 Å². The summed E-state index contributed by atoms with van der Waals surface area (Å²) in [6.45, 7) is 0.337. The Balaban J connectivity index is -0.000000329. The summed E-state index contributed by atoms with van der Waals surface area (Å²) in [5.41, 5.74) is 4.70. The lowest BCUT2D eigenvalue weighted by Gasteiger charge is -2.13. The molecule has 0 fully saturated rings. The molecular weight excluding hydrogens is 372 g/mol. The molecule has 0 spiro atoms. The topological polar surface area (TPSA) is 296 Å². The highest BCUT2D eigenvalue weighted by Crippen LogP contribution is 2.18. The van der Waals surface area contributed by atoms with Crippen LogP contribution in [0.25, 0.3) is 0 Å². The second kappa shape index (κ2) is 11.1. The van der Waals surface area contributed by atoms with Crippen LogP contribution in [0.3, 0.4) is 0 Å². The minimum Gasteiger partial charge on any atom is -0.726 e. The van der Waals surface area contributed by atoms with Crippen molar-refractivity contribution in [2.75, 3.05) is 13.1 Å². The molecule has 0 aliphatic rings. The van der Waals surface area contributed by atoms with Crippen molar-refractivity contribution in [2.24, 2.45) is 0 Å². The van der Waals surface area contributed by atoms with E-state index in [1.165, 1.54) is 0 Å². The molecule has 0 saturated carbocycles. The van der Waals surface area contributed by atoms with Crippen LogP contribution < -0.4 is 11.5 Å². The van der Waals surface area contributed by atoms with Gasteiger partial charge in [0.05, 0.1) is 22.9 Å². The van der Waals surface area contributed by atoms with Gasteiger partial charge in [-0.2, -0.15) is 0 Å². The maximum atomic E-state index is 10.6. The van der Waals surface area contributed by atoms with Crippen LogP contribution in [0.4, 0.5) is 0 Å². The van der Waals surface area contributed by atoms with Gasteiger partial charge in [0.15, 0.2) is 0 Å². The maximum Gasteiger partial charge on any atom is 0.469 e. The summed E-state index contributed by atoms with van der Waals surface area (Å²) in [4.78, 5) is 19.4. The predicted octanol–water partition coefficient (Wildman–Crippen LogP) is -4.49. The van der Waals surface area contributed by atoms with Gasteiger partial charge in [0.25, 0.3) is 0 Å². The Kier molecular flexibility index (Phi) is 12.7. The first kappa shape index (κ1) is 26.4. The number of rotatable bonds is 6. The molecule has 0 rings (SSSR count). The molecule has 0 saturated heterocycles. The molecule has 0 heterocycles. The number of hydrogen-bond acceptors (Lipinski definition) is 10. The van der Waals surface area contributed by atoms with Gasteiger partial charge in [0.2, 0.25) is 20.8 Å². The quantitative estimate of drug-likeness (QED) is 0.110. The van der Waals surface area contributed by atoms with Gasteiger partial charge in [-0.15, -0.1) is 0 Å². The number of hydrogen-bond donors (Lipinski definition) is 4. The first-order chi connectivity index (χ1) is 10.0. The maximum absolute atomic E-state index is 10.6. The van der Waals surface area contributed by atoms with Crippen LogP contribution in [0.5, 0.6) is 0 Å². The lowest BCUT2D eigenvalue weighted by atomic mass is 10.0. The zero-order valence-corrected chi connectivity index (χ0v) is 13.1. The average Bonchev–Trinajstić information content (AvgIpc) is 2.23. The number of nitro groups is 2. The Hall–Kier alpha value is -1.54. The van der Waals surface area contributed by atoms with Crippen LogP contribution in [0, 0.1) is 20.2 Å². The molecule has 0 bridgehead atoms. The van der Waals surface area contributed by atoms with Crippen LogP contribution in [0.1, 0.15) is 12.8 Å². The molecule has 0 atom stereocenters. The van der Waals surface area contributed by atoms with Gasteiger partial charge >= 0.3 is 5.66 Å². The fourth-order valence-corrected chi connectivity index (χ4v) is 1.12. The number of nitrogens with zero attached hydrogens (tertiary/aromatic N) is 2. The van der Waals surface area contributed by atoms with Gasteiger partial charge in [-0.05, 0) is 0 Å². The van der Waals surface area contributed by atoms with Crippen molar-refractivity contribution >= 4 is 20.8 Å². The summed E-state index contributed by atoms with van der Waals surface area (Å²) < 4.78 is 65.7. The molecule has 140 valence electrons. The summed E-state index contributed by atoms with van der Waals surface area (Å²) in [5.74, 6) is 0. The Morgan fingerprint density at radius 1 is 0.826 bits per heavy atom. The molecule has 18 heteroatoms. The molecule has 0 radical (unpaired) electrons. The summed E-state index contributed by atoms with van der Waals surface area (Å²) in [6.07, 6.45) is -0.301. The highest BCUT2D eigenvalue weighted by molar-refractivity contribution is 7.80. The molecule has 8 N–H and O–H groups in total. The fourth-order valence-electron chi connectivity index (χ4n) is 1.12. The van der Waals surface area contributed by atoms with Crippen molar-refractivity contribution in [3.05, 3.63) is 20.2 Å². The van der Waals surface area contributed by atoms with E-state index < -0.39 is 36.3 Å². The van der Waals surface area contributed by atoms with E-state index in [1.54, 1.807) is 0 Å². The molecule has 0 aliphatic carbocycles. The summed E-state index contributed by atoms with van der Waals surface area (Å²) in [6, 6.07) is 0. The van der Waals surface area contributed by atoms with E-state index in [2.05, 4.69) is 11.5 Å². The average molecular weight is 388 g/mol. The highest BCUT2D eigenvalue weighted by atomic mass is 32.3. The van der Waals surface area contributed by atoms with E-state index in [9.17, 15) is 20.2 Å². The molecule has 23 heavy (non-hydrogen) atoms.